The molecule has 7 nitrogen and oxygen atoms in total. The van der Waals surface area contributed by atoms with Gasteiger partial charge in [0.2, 0.25) is 17.7 Å². The predicted octanol–water partition coefficient (Wildman–Crippen LogP) is 1.89. The molecular weight excluding hydrogens is 382 g/mol. The van der Waals surface area contributed by atoms with Crippen molar-refractivity contribution in [2.45, 2.75) is 19.0 Å². The fourth-order valence-corrected chi connectivity index (χ4v) is 4.98. The number of nitrogens with zero attached hydrogens (tertiary/aromatic N) is 2. The fourth-order valence-electron chi connectivity index (χ4n) is 4.98. The number of ketones is 1. The Bertz CT molecular complexity index is 1140. The predicted molar refractivity (Wildman–Crippen MR) is 109 cm³/mol. The molecule has 30 heavy (non-hydrogen) atoms. The summed E-state index contributed by atoms with van der Waals surface area (Å²) < 4.78 is 0. The van der Waals surface area contributed by atoms with Crippen LogP contribution in [0, 0.1) is 11.8 Å². The van der Waals surface area contributed by atoms with E-state index in [1.165, 1.54) is 6.92 Å². The molecule has 4 atom stereocenters. The van der Waals surface area contributed by atoms with E-state index in [0.29, 0.717) is 11.3 Å². The number of carbonyl (C=O) groups is 4. The Hall–Kier alpha value is -3.74. The highest BCUT2D eigenvalue weighted by Crippen LogP contribution is 2.52. The van der Waals surface area contributed by atoms with Crippen LogP contribution >= 0.6 is 0 Å². The zero-order valence-electron chi connectivity index (χ0n) is 16.2. The van der Waals surface area contributed by atoms with E-state index in [0.717, 1.165) is 16.0 Å². The van der Waals surface area contributed by atoms with Crippen molar-refractivity contribution in [3.05, 3.63) is 71.4 Å². The number of fused-ring (bicyclic) bond motifs is 5. The number of amides is 3. The van der Waals surface area contributed by atoms with Gasteiger partial charge in [-0.1, -0.05) is 24.3 Å². The third kappa shape index (κ3) is 2.38. The molecule has 0 spiro atoms. The number of Topliss-reactive ketones (excluding diaryl/α,β-unsaturated/α-hetero) is 1. The van der Waals surface area contributed by atoms with Gasteiger partial charge in [0.25, 0.3) is 0 Å². The summed E-state index contributed by atoms with van der Waals surface area (Å²) in [7, 11) is 0. The third-order valence-corrected chi connectivity index (χ3v) is 6.29. The van der Waals surface area contributed by atoms with Gasteiger partial charge in [-0.3, -0.25) is 19.2 Å². The fraction of sp³-hybridized carbons (Fsp3) is 0.217. The molecule has 2 aromatic rings. The summed E-state index contributed by atoms with van der Waals surface area (Å²) in [6.07, 6.45) is 3.63. The van der Waals surface area contributed by atoms with Gasteiger partial charge in [0.05, 0.1) is 23.6 Å². The lowest BCUT2D eigenvalue weighted by Crippen LogP contribution is -2.46. The Labute approximate surface area is 172 Å². The van der Waals surface area contributed by atoms with E-state index >= 15 is 0 Å². The summed E-state index contributed by atoms with van der Waals surface area (Å²) >= 11 is 0. The van der Waals surface area contributed by atoms with E-state index in [1.54, 1.807) is 35.4 Å². The average molecular weight is 401 g/mol. The Morgan fingerprint density at radius 3 is 2.27 bits per heavy atom. The first kappa shape index (κ1) is 18.3. The van der Waals surface area contributed by atoms with Gasteiger partial charge in [-0.2, -0.15) is 0 Å². The number of primary amides is 1. The van der Waals surface area contributed by atoms with Gasteiger partial charge in [0, 0.05) is 11.8 Å². The molecule has 0 bridgehead atoms. The summed E-state index contributed by atoms with van der Waals surface area (Å²) in [6, 6.07) is 12.6. The van der Waals surface area contributed by atoms with Crippen molar-refractivity contribution >= 4 is 35.3 Å². The molecule has 3 aliphatic rings. The second kappa shape index (κ2) is 6.38. The summed E-state index contributed by atoms with van der Waals surface area (Å²) in [4.78, 5) is 53.6. The topological polar surface area (TPSA) is 101 Å². The van der Waals surface area contributed by atoms with Crippen LogP contribution in [0.3, 0.4) is 0 Å². The Balaban J connectivity index is 1.60. The van der Waals surface area contributed by atoms with Gasteiger partial charge in [-0.05, 0) is 48.4 Å². The van der Waals surface area contributed by atoms with Crippen LogP contribution in [0.1, 0.15) is 34.5 Å². The van der Waals surface area contributed by atoms with Gasteiger partial charge < -0.3 is 10.6 Å². The molecule has 2 N–H and O–H groups in total. The van der Waals surface area contributed by atoms with Gasteiger partial charge in [0.1, 0.15) is 6.04 Å². The van der Waals surface area contributed by atoms with E-state index in [-0.39, 0.29) is 11.7 Å². The molecule has 7 heteroatoms. The van der Waals surface area contributed by atoms with E-state index in [2.05, 4.69) is 0 Å². The van der Waals surface area contributed by atoms with Gasteiger partial charge in [-0.25, -0.2) is 4.90 Å². The molecule has 0 saturated carbocycles. The van der Waals surface area contributed by atoms with Crippen molar-refractivity contribution < 1.29 is 19.2 Å². The molecule has 0 radical (unpaired) electrons. The second-order valence-corrected chi connectivity index (χ2v) is 7.85. The molecule has 3 heterocycles. The number of hydrogen-bond acceptors (Lipinski definition) is 5. The van der Waals surface area contributed by atoms with Crippen LogP contribution in [0.4, 0.5) is 5.69 Å². The van der Waals surface area contributed by atoms with Crippen molar-refractivity contribution in [3.8, 4) is 0 Å². The highest BCUT2D eigenvalue weighted by molar-refractivity contribution is 6.24. The van der Waals surface area contributed by atoms with Crippen molar-refractivity contribution in [2.75, 3.05) is 4.90 Å². The zero-order chi connectivity index (χ0) is 21.2. The maximum atomic E-state index is 13.5. The molecule has 2 saturated heterocycles. The molecule has 3 aliphatic heterocycles. The lowest BCUT2D eigenvalue weighted by atomic mass is 9.84. The monoisotopic (exact) mass is 401 g/mol. The molecule has 0 aliphatic carbocycles. The molecule has 2 aromatic carbocycles. The van der Waals surface area contributed by atoms with Crippen LogP contribution < -0.4 is 10.6 Å². The Morgan fingerprint density at radius 1 is 0.933 bits per heavy atom. The van der Waals surface area contributed by atoms with Gasteiger partial charge >= 0.3 is 0 Å². The number of nitrogens with two attached hydrogens (primary N) is 1. The number of carbonyl (C=O) groups excluding carboxylic acids is 4. The summed E-state index contributed by atoms with van der Waals surface area (Å²) in [5.41, 5.74) is 8.42. The molecule has 0 aromatic heterocycles. The molecular formula is C23H19N3O4. The van der Waals surface area contributed by atoms with Crippen molar-refractivity contribution in [2.24, 2.45) is 17.6 Å². The normalized spacial score (nSPS) is 26.4. The quantitative estimate of drug-likeness (QED) is 0.625. The van der Waals surface area contributed by atoms with Crippen LogP contribution in [-0.2, 0) is 14.4 Å². The number of anilines is 1. The maximum Gasteiger partial charge on any atom is 0.240 e. The number of rotatable bonds is 3. The molecule has 150 valence electrons. The minimum atomic E-state index is -0.900. The highest BCUT2D eigenvalue weighted by atomic mass is 16.2. The first-order chi connectivity index (χ1) is 14.4. The zero-order valence-corrected chi connectivity index (χ0v) is 16.2. The smallest absolute Gasteiger partial charge is 0.240 e. The van der Waals surface area contributed by atoms with E-state index in [1.807, 2.05) is 30.3 Å². The lowest BCUT2D eigenvalue weighted by molar-refractivity contribution is -0.129. The SMILES string of the molecule is CC(=O)c1ccc(N2C(=O)[C@@H]3[C@@H](C2=O)[C@@H]2c4ccccc4C=CN2[C@@H]3C(N)=O)cc1. The van der Waals surface area contributed by atoms with Crippen LogP contribution in [0.2, 0.25) is 0 Å². The number of benzene rings is 2. The molecule has 3 amide bonds. The third-order valence-electron chi connectivity index (χ3n) is 6.29. The standard InChI is InChI=1S/C23H19N3O4/c1-12(27)13-6-8-15(9-7-13)26-22(29)17-18(23(26)30)20(21(24)28)25-11-10-14-4-2-3-5-16(14)19(17)25/h2-11,17-20H,1H3,(H2,24,28)/t17-,18-,19+,20+/m1/s1. The lowest BCUT2D eigenvalue weighted by Gasteiger charge is -2.34. The summed E-state index contributed by atoms with van der Waals surface area (Å²) in [5, 5.41) is 0. The van der Waals surface area contributed by atoms with Crippen LogP contribution in [-0.4, -0.2) is 34.4 Å². The molecule has 5 rings (SSSR count). The molecule has 2 fully saturated rings. The Kier molecular flexibility index (Phi) is 3.89. The maximum absolute atomic E-state index is 13.5. The first-order valence-corrected chi connectivity index (χ1v) is 9.73. The van der Waals surface area contributed by atoms with Crippen molar-refractivity contribution in [1.29, 1.82) is 0 Å². The number of hydrogen-bond donors (Lipinski definition) is 1. The van der Waals surface area contributed by atoms with E-state index < -0.39 is 35.7 Å². The minimum Gasteiger partial charge on any atom is -0.368 e. The van der Waals surface area contributed by atoms with E-state index in [9.17, 15) is 19.2 Å². The highest BCUT2D eigenvalue weighted by Gasteiger charge is 2.64. The minimum absolute atomic E-state index is 0.104. The number of imide groups is 1. The molecule has 0 unspecified atom stereocenters. The van der Waals surface area contributed by atoms with Crippen LogP contribution in [0.15, 0.2) is 54.7 Å². The second-order valence-electron chi connectivity index (χ2n) is 7.85. The largest absolute Gasteiger partial charge is 0.368 e. The summed E-state index contributed by atoms with van der Waals surface area (Å²) in [6.45, 7) is 1.45. The van der Waals surface area contributed by atoms with Crippen LogP contribution in [0.25, 0.3) is 6.08 Å². The van der Waals surface area contributed by atoms with Crippen molar-refractivity contribution in [1.82, 2.24) is 4.90 Å². The van der Waals surface area contributed by atoms with Gasteiger partial charge in [0.15, 0.2) is 5.78 Å². The Morgan fingerprint density at radius 2 is 1.60 bits per heavy atom. The van der Waals surface area contributed by atoms with Crippen LogP contribution in [0.5, 0.6) is 0 Å². The van der Waals surface area contributed by atoms with Crippen molar-refractivity contribution in [3.63, 3.8) is 0 Å². The summed E-state index contributed by atoms with van der Waals surface area (Å²) in [5.74, 6) is -3.11. The van der Waals surface area contributed by atoms with E-state index in [4.69, 9.17) is 5.73 Å². The first-order valence-electron chi connectivity index (χ1n) is 9.73. The van der Waals surface area contributed by atoms with Gasteiger partial charge in [-0.15, -0.1) is 0 Å². The average Bonchev–Trinajstić information content (AvgIpc) is 3.21.